The van der Waals surface area contributed by atoms with E-state index in [4.69, 9.17) is 11.6 Å². The molecular formula is C19H18ClFN2O2. The summed E-state index contributed by atoms with van der Waals surface area (Å²) in [7, 11) is 0. The molecule has 4 nitrogen and oxygen atoms in total. The van der Waals surface area contributed by atoms with Gasteiger partial charge >= 0.3 is 0 Å². The second kappa shape index (κ2) is 6.84. The fourth-order valence-corrected chi connectivity index (χ4v) is 3.08. The van der Waals surface area contributed by atoms with Crippen molar-refractivity contribution in [1.29, 1.82) is 0 Å². The van der Waals surface area contributed by atoms with E-state index in [1.165, 1.54) is 12.1 Å². The molecular weight excluding hydrogens is 343 g/mol. The summed E-state index contributed by atoms with van der Waals surface area (Å²) in [5.74, 6) is -0.963. The highest BCUT2D eigenvalue weighted by atomic mass is 35.5. The lowest BCUT2D eigenvalue weighted by Gasteiger charge is -2.17. The maximum absolute atomic E-state index is 14.1. The van der Waals surface area contributed by atoms with E-state index in [1.807, 2.05) is 6.92 Å². The highest BCUT2D eigenvalue weighted by Gasteiger charge is 2.52. The predicted octanol–water partition coefficient (Wildman–Crippen LogP) is 3.90. The molecule has 2 aromatic rings. The summed E-state index contributed by atoms with van der Waals surface area (Å²) in [6, 6.07) is 11.0. The van der Waals surface area contributed by atoms with E-state index in [9.17, 15) is 14.0 Å². The van der Waals surface area contributed by atoms with Gasteiger partial charge < -0.3 is 10.6 Å². The van der Waals surface area contributed by atoms with Crippen molar-refractivity contribution >= 4 is 29.1 Å². The number of benzene rings is 2. The van der Waals surface area contributed by atoms with Crippen LogP contribution in [0, 0.1) is 5.82 Å². The molecule has 0 spiro atoms. The number of halogens is 2. The van der Waals surface area contributed by atoms with Crippen molar-refractivity contribution in [3.05, 3.63) is 64.4 Å². The highest BCUT2D eigenvalue weighted by Crippen LogP contribution is 2.49. The van der Waals surface area contributed by atoms with Gasteiger partial charge in [-0.3, -0.25) is 9.59 Å². The Hall–Kier alpha value is -2.40. The summed E-state index contributed by atoms with van der Waals surface area (Å²) in [6.45, 7) is 2.28. The van der Waals surface area contributed by atoms with Crippen molar-refractivity contribution in [2.45, 2.75) is 25.2 Å². The SMILES string of the molecule is CCNC(=O)c1cc(NC(=O)C2(c3ccccc3F)CC2)ccc1Cl. The number of carbonyl (C=O) groups is 2. The Morgan fingerprint density at radius 2 is 1.92 bits per heavy atom. The summed E-state index contributed by atoms with van der Waals surface area (Å²) in [6.07, 6.45) is 1.19. The Balaban J connectivity index is 1.83. The zero-order valence-corrected chi connectivity index (χ0v) is 14.5. The van der Waals surface area contributed by atoms with Crippen molar-refractivity contribution in [2.24, 2.45) is 0 Å². The van der Waals surface area contributed by atoms with Gasteiger partial charge in [-0.1, -0.05) is 29.8 Å². The number of nitrogens with one attached hydrogen (secondary N) is 2. The molecule has 2 N–H and O–H groups in total. The van der Waals surface area contributed by atoms with Crippen molar-refractivity contribution in [3.63, 3.8) is 0 Å². The van der Waals surface area contributed by atoms with Crippen LogP contribution in [0.15, 0.2) is 42.5 Å². The largest absolute Gasteiger partial charge is 0.352 e. The average molecular weight is 361 g/mol. The first-order chi connectivity index (χ1) is 12.0. The number of hydrogen-bond acceptors (Lipinski definition) is 2. The molecule has 1 aliphatic rings. The van der Waals surface area contributed by atoms with Crippen LogP contribution < -0.4 is 10.6 Å². The van der Waals surface area contributed by atoms with E-state index in [0.29, 0.717) is 35.7 Å². The first-order valence-corrected chi connectivity index (χ1v) is 8.50. The van der Waals surface area contributed by atoms with E-state index in [1.54, 1.807) is 30.3 Å². The molecule has 0 aromatic heterocycles. The number of hydrogen-bond donors (Lipinski definition) is 2. The Kier molecular flexibility index (Phi) is 4.77. The lowest BCUT2D eigenvalue weighted by atomic mass is 9.94. The fourth-order valence-electron chi connectivity index (χ4n) is 2.88. The Bertz CT molecular complexity index is 834. The molecule has 2 amide bonds. The van der Waals surface area contributed by atoms with Gasteiger partial charge in [-0.2, -0.15) is 0 Å². The molecule has 1 aliphatic carbocycles. The van der Waals surface area contributed by atoms with Crippen molar-refractivity contribution in [2.75, 3.05) is 11.9 Å². The van der Waals surface area contributed by atoms with Crippen LogP contribution in [0.25, 0.3) is 0 Å². The molecule has 6 heteroatoms. The lowest BCUT2D eigenvalue weighted by molar-refractivity contribution is -0.118. The minimum absolute atomic E-state index is 0.276. The van der Waals surface area contributed by atoms with Gasteiger partial charge in [-0.15, -0.1) is 0 Å². The zero-order chi connectivity index (χ0) is 18.0. The van der Waals surface area contributed by atoms with Gasteiger partial charge in [0.1, 0.15) is 5.82 Å². The van der Waals surface area contributed by atoms with E-state index in [-0.39, 0.29) is 23.2 Å². The first-order valence-electron chi connectivity index (χ1n) is 8.12. The second-order valence-electron chi connectivity index (χ2n) is 6.07. The van der Waals surface area contributed by atoms with Crippen LogP contribution in [0.4, 0.5) is 10.1 Å². The van der Waals surface area contributed by atoms with Gasteiger partial charge in [0.05, 0.1) is 16.0 Å². The van der Waals surface area contributed by atoms with Crippen LogP contribution in [0.2, 0.25) is 5.02 Å². The highest BCUT2D eigenvalue weighted by molar-refractivity contribution is 6.34. The summed E-state index contributed by atoms with van der Waals surface area (Å²) >= 11 is 6.06. The summed E-state index contributed by atoms with van der Waals surface area (Å²) < 4.78 is 14.1. The molecule has 0 aliphatic heterocycles. The zero-order valence-electron chi connectivity index (χ0n) is 13.7. The average Bonchev–Trinajstić information content (AvgIpc) is 3.39. The molecule has 0 unspecified atom stereocenters. The minimum Gasteiger partial charge on any atom is -0.352 e. The molecule has 0 saturated heterocycles. The second-order valence-corrected chi connectivity index (χ2v) is 6.48. The minimum atomic E-state index is -0.836. The van der Waals surface area contributed by atoms with Crippen LogP contribution in [-0.4, -0.2) is 18.4 Å². The van der Waals surface area contributed by atoms with Crippen molar-refractivity contribution in [3.8, 4) is 0 Å². The molecule has 2 aromatic carbocycles. The normalized spacial score (nSPS) is 14.7. The molecule has 0 heterocycles. The third-order valence-corrected chi connectivity index (χ3v) is 4.71. The summed E-state index contributed by atoms with van der Waals surface area (Å²) in [5.41, 5.74) is 0.317. The summed E-state index contributed by atoms with van der Waals surface area (Å²) in [4.78, 5) is 24.8. The van der Waals surface area contributed by atoms with Crippen LogP contribution in [0.5, 0.6) is 0 Å². The van der Waals surface area contributed by atoms with E-state index < -0.39 is 5.41 Å². The van der Waals surface area contributed by atoms with Crippen molar-refractivity contribution < 1.29 is 14.0 Å². The van der Waals surface area contributed by atoms with Gasteiger partial charge in [0.25, 0.3) is 5.91 Å². The Morgan fingerprint density at radius 1 is 1.20 bits per heavy atom. The summed E-state index contributed by atoms with van der Waals surface area (Å²) in [5, 5.41) is 5.77. The van der Waals surface area contributed by atoms with E-state index >= 15 is 0 Å². The van der Waals surface area contributed by atoms with Gasteiger partial charge in [0.2, 0.25) is 5.91 Å². The molecule has 0 radical (unpaired) electrons. The molecule has 3 rings (SSSR count). The van der Waals surface area contributed by atoms with Gasteiger partial charge in [-0.25, -0.2) is 4.39 Å². The van der Waals surface area contributed by atoms with Crippen LogP contribution in [0.1, 0.15) is 35.7 Å². The molecule has 25 heavy (non-hydrogen) atoms. The van der Waals surface area contributed by atoms with Crippen LogP contribution in [-0.2, 0) is 10.2 Å². The fraction of sp³-hybridized carbons (Fsp3) is 0.263. The van der Waals surface area contributed by atoms with Crippen LogP contribution in [0.3, 0.4) is 0 Å². The third kappa shape index (κ3) is 3.37. The van der Waals surface area contributed by atoms with Crippen molar-refractivity contribution in [1.82, 2.24) is 5.32 Å². The predicted molar refractivity (Wildman–Crippen MR) is 95.4 cm³/mol. The smallest absolute Gasteiger partial charge is 0.252 e. The standard InChI is InChI=1S/C19H18ClFN2O2/c1-2-22-17(24)13-11-12(7-8-15(13)20)23-18(25)19(9-10-19)14-5-3-4-6-16(14)21/h3-8,11H,2,9-10H2,1H3,(H,22,24)(H,23,25). The molecule has 0 bridgehead atoms. The van der Waals surface area contributed by atoms with E-state index in [0.717, 1.165) is 0 Å². The number of carbonyl (C=O) groups excluding carboxylic acids is 2. The molecule has 1 saturated carbocycles. The van der Waals surface area contributed by atoms with Crippen LogP contribution >= 0.6 is 11.6 Å². The number of rotatable bonds is 5. The topological polar surface area (TPSA) is 58.2 Å². The third-order valence-electron chi connectivity index (χ3n) is 4.38. The van der Waals surface area contributed by atoms with Gasteiger partial charge in [0, 0.05) is 17.8 Å². The maximum Gasteiger partial charge on any atom is 0.252 e. The molecule has 1 fully saturated rings. The van der Waals surface area contributed by atoms with Gasteiger partial charge in [-0.05, 0) is 44.0 Å². The Morgan fingerprint density at radius 3 is 2.56 bits per heavy atom. The van der Waals surface area contributed by atoms with Gasteiger partial charge in [0.15, 0.2) is 0 Å². The monoisotopic (exact) mass is 360 g/mol. The number of anilines is 1. The maximum atomic E-state index is 14.1. The number of amides is 2. The lowest BCUT2D eigenvalue weighted by Crippen LogP contribution is -2.29. The molecule has 0 atom stereocenters. The first kappa shape index (κ1) is 17.4. The van der Waals surface area contributed by atoms with E-state index in [2.05, 4.69) is 10.6 Å². The molecule has 130 valence electrons. The quantitative estimate of drug-likeness (QED) is 0.849. The Labute approximate surface area is 150 Å².